The van der Waals surface area contributed by atoms with Gasteiger partial charge in [-0.15, -0.1) is 10.2 Å². The predicted molar refractivity (Wildman–Crippen MR) is 109 cm³/mol. The average Bonchev–Trinajstić information content (AvgIpc) is 3.29. The molecule has 144 valence electrons. The SMILES string of the molecule is CCn1c(SCc2cc(=O)n3nc(C)sc3n2)nnc1-c1ccc(OC)cc1. The molecule has 1 aromatic carbocycles. The molecule has 3 aromatic heterocycles. The molecule has 0 saturated heterocycles. The standard InChI is InChI=1S/C18H18N6O2S2/c1-4-23-16(12-5-7-14(26-3)8-6-12)20-21-18(23)27-10-13-9-15(25)24-17(19-13)28-11(2)22-24/h5-9H,4,10H2,1-3H3. The van der Waals surface area contributed by atoms with Crippen molar-refractivity contribution in [2.75, 3.05) is 7.11 Å². The molecular formula is C18H18N6O2S2. The van der Waals surface area contributed by atoms with Crippen LogP contribution in [0.1, 0.15) is 17.6 Å². The van der Waals surface area contributed by atoms with Crippen molar-refractivity contribution >= 4 is 28.1 Å². The Hall–Kier alpha value is -2.72. The van der Waals surface area contributed by atoms with Crippen LogP contribution < -0.4 is 10.3 Å². The van der Waals surface area contributed by atoms with Gasteiger partial charge in [0.1, 0.15) is 10.8 Å². The van der Waals surface area contributed by atoms with E-state index in [1.165, 1.54) is 33.7 Å². The van der Waals surface area contributed by atoms with Gasteiger partial charge in [-0.25, -0.2) is 4.98 Å². The maximum atomic E-state index is 12.2. The number of hydrogen-bond acceptors (Lipinski definition) is 8. The zero-order chi connectivity index (χ0) is 19.7. The lowest BCUT2D eigenvalue weighted by Gasteiger charge is -2.08. The number of aryl methyl sites for hydroxylation is 1. The minimum Gasteiger partial charge on any atom is -0.497 e. The summed E-state index contributed by atoms with van der Waals surface area (Å²) in [5, 5.41) is 14.5. The van der Waals surface area contributed by atoms with Crippen molar-refractivity contribution in [1.29, 1.82) is 0 Å². The van der Waals surface area contributed by atoms with E-state index < -0.39 is 0 Å². The van der Waals surface area contributed by atoms with E-state index in [-0.39, 0.29) is 5.56 Å². The molecule has 0 amide bonds. The fraction of sp³-hybridized carbons (Fsp3) is 0.278. The Kier molecular flexibility index (Phi) is 5.14. The molecule has 10 heteroatoms. The van der Waals surface area contributed by atoms with E-state index in [0.29, 0.717) is 16.4 Å². The lowest BCUT2D eigenvalue weighted by molar-refractivity contribution is 0.415. The number of nitrogens with zero attached hydrogens (tertiary/aromatic N) is 6. The third kappa shape index (κ3) is 3.52. The Balaban J connectivity index is 1.58. The van der Waals surface area contributed by atoms with Crippen LogP contribution in [0.4, 0.5) is 0 Å². The number of fused-ring (bicyclic) bond motifs is 1. The molecule has 0 aliphatic carbocycles. The fourth-order valence-electron chi connectivity index (χ4n) is 2.80. The summed E-state index contributed by atoms with van der Waals surface area (Å²) >= 11 is 2.91. The smallest absolute Gasteiger partial charge is 0.275 e. The highest BCUT2D eigenvalue weighted by atomic mass is 32.2. The van der Waals surface area contributed by atoms with E-state index in [4.69, 9.17) is 4.74 Å². The Bertz CT molecular complexity index is 1180. The highest BCUT2D eigenvalue weighted by Crippen LogP contribution is 2.27. The first-order chi connectivity index (χ1) is 13.6. The maximum Gasteiger partial charge on any atom is 0.275 e. The molecule has 0 saturated carbocycles. The summed E-state index contributed by atoms with van der Waals surface area (Å²) in [7, 11) is 1.64. The van der Waals surface area contributed by atoms with E-state index in [2.05, 4.69) is 31.8 Å². The number of aromatic nitrogens is 6. The van der Waals surface area contributed by atoms with Gasteiger partial charge in [-0.1, -0.05) is 23.1 Å². The van der Waals surface area contributed by atoms with Crippen LogP contribution in [0.15, 0.2) is 40.3 Å². The van der Waals surface area contributed by atoms with Crippen molar-refractivity contribution in [1.82, 2.24) is 29.4 Å². The van der Waals surface area contributed by atoms with Crippen molar-refractivity contribution < 1.29 is 4.74 Å². The molecule has 0 atom stereocenters. The topological polar surface area (TPSA) is 87.2 Å². The molecule has 4 rings (SSSR count). The van der Waals surface area contributed by atoms with Crippen molar-refractivity contribution in [2.45, 2.75) is 31.3 Å². The maximum absolute atomic E-state index is 12.2. The molecule has 0 aliphatic heterocycles. The Morgan fingerprint density at radius 2 is 2.00 bits per heavy atom. The molecule has 3 heterocycles. The van der Waals surface area contributed by atoms with E-state index >= 15 is 0 Å². The number of methoxy groups -OCH3 is 1. The largest absolute Gasteiger partial charge is 0.497 e. The van der Waals surface area contributed by atoms with Crippen LogP contribution in [0, 0.1) is 6.92 Å². The minimum atomic E-state index is -0.166. The molecule has 0 unspecified atom stereocenters. The number of rotatable bonds is 6. The number of thioether (sulfide) groups is 1. The molecular weight excluding hydrogens is 396 g/mol. The third-order valence-electron chi connectivity index (χ3n) is 4.13. The van der Waals surface area contributed by atoms with Gasteiger partial charge in [0, 0.05) is 23.9 Å². The zero-order valence-corrected chi connectivity index (χ0v) is 17.3. The summed E-state index contributed by atoms with van der Waals surface area (Å²) in [6.07, 6.45) is 0. The Morgan fingerprint density at radius 1 is 1.21 bits per heavy atom. The molecule has 28 heavy (non-hydrogen) atoms. The van der Waals surface area contributed by atoms with Gasteiger partial charge in [0.15, 0.2) is 11.0 Å². The van der Waals surface area contributed by atoms with Crippen molar-refractivity contribution in [2.24, 2.45) is 0 Å². The van der Waals surface area contributed by atoms with Gasteiger partial charge >= 0.3 is 0 Å². The van der Waals surface area contributed by atoms with Crippen LogP contribution in [0.25, 0.3) is 16.3 Å². The molecule has 0 radical (unpaired) electrons. The summed E-state index contributed by atoms with van der Waals surface area (Å²) in [4.78, 5) is 17.3. The van der Waals surface area contributed by atoms with Gasteiger partial charge in [-0.05, 0) is 38.1 Å². The normalized spacial score (nSPS) is 11.2. The third-order valence-corrected chi connectivity index (χ3v) is 5.95. The van der Waals surface area contributed by atoms with E-state index in [0.717, 1.165) is 33.8 Å². The van der Waals surface area contributed by atoms with Gasteiger partial charge in [-0.3, -0.25) is 4.79 Å². The second kappa shape index (κ2) is 7.72. The molecule has 4 aromatic rings. The van der Waals surface area contributed by atoms with Gasteiger partial charge in [0.05, 0.1) is 12.8 Å². The molecule has 0 fully saturated rings. The predicted octanol–water partition coefficient (Wildman–Crippen LogP) is 3.04. The fourth-order valence-corrected chi connectivity index (χ4v) is 4.46. The van der Waals surface area contributed by atoms with Gasteiger partial charge < -0.3 is 9.30 Å². The first-order valence-electron chi connectivity index (χ1n) is 8.66. The highest BCUT2D eigenvalue weighted by Gasteiger charge is 2.14. The van der Waals surface area contributed by atoms with Crippen LogP contribution in [-0.4, -0.2) is 36.5 Å². The van der Waals surface area contributed by atoms with Crippen molar-refractivity contribution in [3.63, 3.8) is 0 Å². The average molecular weight is 415 g/mol. The van der Waals surface area contributed by atoms with E-state index in [9.17, 15) is 4.79 Å². The summed E-state index contributed by atoms with van der Waals surface area (Å²) in [6.45, 7) is 4.65. The van der Waals surface area contributed by atoms with Crippen molar-refractivity contribution in [3.05, 3.63) is 51.4 Å². The molecule has 8 nitrogen and oxygen atoms in total. The van der Waals surface area contributed by atoms with Crippen LogP contribution in [-0.2, 0) is 12.3 Å². The summed E-state index contributed by atoms with van der Waals surface area (Å²) in [5.41, 5.74) is 1.51. The van der Waals surface area contributed by atoms with Crippen LogP contribution in [0.3, 0.4) is 0 Å². The second-order valence-electron chi connectivity index (χ2n) is 5.97. The number of benzene rings is 1. The second-order valence-corrected chi connectivity index (χ2v) is 8.07. The highest BCUT2D eigenvalue weighted by molar-refractivity contribution is 7.98. The summed E-state index contributed by atoms with van der Waals surface area (Å²) in [5.74, 6) is 2.13. The quantitative estimate of drug-likeness (QED) is 0.448. The molecule has 0 spiro atoms. The zero-order valence-electron chi connectivity index (χ0n) is 15.6. The van der Waals surface area contributed by atoms with Crippen molar-refractivity contribution in [3.8, 4) is 17.1 Å². The molecule has 0 bridgehead atoms. The first kappa shape index (κ1) is 18.6. The number of ether oxygens (including phenoxy) is 1. The van der Waals surface area contributed by atoms with Crippen LogP contribution in [0.2, 0.25) is 0 Å². The van der Waals surface area contributed by atoms with Crippen LogP contribution >= 0.6 is 23.1 Å². The summed E-state index contributed by atoms with van der Waals surface area (Å²) < 4.78 is 8.60. The molecule has 0 aliphatic rings. The van der Waals surface area contributed by atoms with Gasteiger partial charge in [-0.2, -0.15) is 9.61 Å². The van der Waals surface area contributed by atoms with E-state index in [1.54, 1.807) is 7.11 Å². The Labute approximate surface area is 169 Å². The van der Waals surface area contributed by atoms with Gasteiger partial charge in [0.25, 0.3) is 5.56 Å². The monoisotopic (exact) mass is 414 g/mol. The number of hydrogen-bond donors (Lipinski definition) is 0. The minimum absolute atomic E-state index is 0.166. The van der Waals surface area contributed by atoms with E-state index in [1.807, 2.05) is 31.2 Å². The lowest BCUT2D eigenvalue weighted by Crippen LogP contribution is -2.15. The molecule has 0 N–H and O–H groups in total. The van der Waals surface area contributed by atoms with Gasteiger partial charge in [0.2, 0.25) is 4.96 Å². The summed E-state index contributed by atoms with van der Waals surface area (Å²) in [6, 6.07) is 9.26. The lowest BCUT2D eigenvalue weighted by atomic mass is 10.2. The Morgan fingerprint density at radius 3 is 2.71 bits per heavy atom. The first-order valence-corrected chi connectivity index (χ1v) is 10.5. The van der Waals surface area contributed by atoms with Crippen LogP contribution in [0.5, 0.6) is 5.75 Å².